The lowest BCUT2D eigenvalue weighted by Crippen LogP contribution is -2.21. The lowest BCUT2D eigenvalue weighted by atomic mass is 10.2. The molecule has 0 amide bonds. The third-order valence-electron chi connectivity index (χ3n) is 3.09. The summed E-state index contributed by atoms with van der Waals surface area (Å²) in [5.74, 6) is 1.64. The summed E-state index contributed by atoms with van der Waals surface area (Å²) < 4.78 is 0. The van der Waals surface area contributed by atoms with Gasteiger partial charge in [0.25, 0.3) is 0 Å². The van der Waals surface area contributed by atoms with Crippen LogP contribution in [-0.4, -0.2) is 18.6 Å². The fraction of sp³-hybridized carbons (Fsp3) is 0.500. The highest BCUT2D eigenvalue weighted by Crippen LogP contribution is 2.38. The summed E-state index contributed by atoms with van der Waals surface area (Å²) in [5.41, 5.74) is 1.47. The fourth-order valence-electron chi connectivity index (χ4n) is 1.89. The predicted octanol–water partition coefficient (Wildman–Crippen LogP) is 2.05. The average Bonchev–Trinajstić information content (AvgIpc) is 2.94. The van der Waals surface area contributed by atoms with Gasteiger partial charge in [0.1, 0.15) is 6.07 Å². The Hall–Kier alpha value is -1.56. The van der Waals surface area contributed by atoms with Crippen LogP contribution in [0.1, 0.15) is 19.0 Å². The van der Waals surface area contributed by atoms with E-state index < -0.39 is 0 Å². The molecule has 2 rings (SSSR count). The van der Waals surface area contributed by atoms with Crippen LogP contribution in [0.5, 0.6) is 0 Å². The third kappa shape index (κ3) is 2.10. The maximum Gasteiger partial charge on any atom is 0.163 e. The number of aromatic nitrogens is 1. The van der Waals surface area contributed by atoms with E-state index in [4.69, 9.17) is 5.26 Å². The summed E-state index contributed by atoms with van der Waals surface area (Å²) >= 11 is 0. The first kappa shape index (κ1) is 9.97. The van der Waals surface area contributed by atoms with Crippen LogP contribution in [0.15, 0.2) is 18.3 Å². The van der Waals surface area contributed by atoms with Crippen molar-refractivity contribution in [1.29, 1.82) is 5.26 Å². The Balaban J connectivity index is 2.11. The van der Waals surface area contributed by atoms with Crippen molar-refractivity contribution in [2.75, 3.05) is 18.5 Å². The van der Waals surface area contributed by atoms with Crippen molar-refractivity contribution in [3.8, 4) is 6.07 Å². The van der Waals surface area contributed by atoms with Gasteiger partial charge in [0.05, 0.1) is 5.69 Å². The molecule has 1 fully saturated rings. The molecule has 0 aromatic carbocycles. The molecule has 1 aromatic rings. The van der Waals surface area contributed by atoms with Gasteiger partial charge in [0, 0.05) is 19.8 Å². The van der Waals surface area contributed by atoms with Gasteiger partial charge in [-0.1, -0.05) is 6.92 Å². The second-order valence-corrected chi connectivity index (χ2v) is 4.34. The van der Waals surface area contributed by atoms with E-state index in [2.05, 4.69) is 22.9 Å². The first-order valence-corrected chi connectivity index (χ1v) is 5.28. The quantitative estimate of drug-likeness (QED) is 0.751. The van der Waals surface area contributed by atoms with E-state index in [1.165, 1.54) is 6.42 Å². The van der Waals surface area contributed by atoms with Crippen molar-refractivity contribution in [3.05, 3.63) is 24.0 Å². The molecule has 78 valence electrons. The Bertz CT molecular complexity index is 394. The molecular formula is C12H15N3. The molecule has 0 saturated heterocycles. The summed E-state index contributed by atoms with van der Waals surface area (Å²) in [6.07, 6.45) is 2.97. The van der Waals surface area contributed by atoms with Gasteiger partial charge < -0.3 is 4.90 Å². The summed E-state index contributed by atoms with van der Waals surface area (Å²) in [5, 5.41) is 8.93. The zero-order valence-corrected chi connectivity index (χ0v) is 9.14. The molecule has 0 bridgehead atoms. The molecule has 2 unspecified atom stereocenters. The van der Waals surface area contributed by atoms with Crippen LogP contribution >= 0.6 is 0 Å². The molecule has 0 N–H and O–H groups in total. The topological polar surface area (TPSA) is 39.9 Å². The summed E-state index contributed by atoms with van der Waals surface area (Å²) in [6, 6.07) is 5.96. The zero-order chi connectivity index (χ0) is 10.8. The maximum atomic E-state index is 8.93. The molecule has 15 heavy (non-hydrogen) atoms. The van der Waals surface area contributed by atoms with Crippen LogP contribution in [0.25, 0.3) is 0 Å². The minimum Gasteiger partial charge on any atom is -0.372 e. The van der Waals surface area contributed by atoms with Crippen LogP contribution in [0.2, 0.25) is 0 Å². The number of hydrogen-bond donors (Lipinski definition) is 0. The second-order valence-electron chi connectivity index (χ2n) is 4.34. The van der Waals surface area contributed by atoms with Crippen molar-refractivity contribution < 1.29 is 0 Å². The minimum atomic E-state index is 0.522. The van der Waals surface area contributed by atoms with Crippen molar-refractivity contribution in [3.63, 3.8) is 0 Å². The number of nitriles is 1. The predicted molar refractivity (Wildman–Crippen MR) is 59.5 cm³/mol. The molecule has 3 heteroatoms. The van der Waals surface area contributed by atoms with Gasteiger partial charge in [-0.05, 0) is 30.4 Å². The molecule has 1 aliphatic carbocycles. The van der Waals surface area contributed by atoms with E-state index in [1.807, 2.05) is 19.2 Å². The molecule has 0 radical (unpaired) electrons. The highest BCUT2D eigenvalue weighted by molar-refractivity contribution is 5.55. The molecular weight excluding hydrogens is 186 g/mol. The van der Waals surface area contributed by atoms with Crippen molar-refractivity contribution in [2.24, 2.45) is 11.8 Å². The van der Waals surface area contributed by atoms with Crippen LogP contribution < -0.4 is 4.90 Å². The smallest absolute Gasteiger partial charge is 0.163 e. The number of nitrogens with zero attached hydrogens (tertiary/aromatic N) is 3. The highest BCUT2D eigenvalue weighted by Gasteiger charge is 2.33. The molecule has 0 spiro atoms. The third-order valence-corrected chi connectivity index (χ3v) is 3.09. The number of hydrogen-bond acceptors (Lipinski definition) is 3. The Morgan fingerprint density at radius 1 is 1.67 bits per heavy atom. The van der Waals surface area contributed by atoms with Gasteiger partial charge in [-0.3, -0.25) is 0 Å². The monoisotopic (exact) mass is 201 g/mol. The van der Waals surface area contributed by atoms with Gasteiger partial charge in [0.2, 0.25) is 0 Å². The van der Waals surface area contributed by atoms with E-state index in [9.17, 15) is 0 Å². The average molecular weight is 201 g/mol. The van der Waals surface area contributed by atoms with E-state index in [1.54, 1.807) is 6.20 Å². The first-order valence-electron chi connectivity index (χ1n) is 5.28. The summed E-state index contributed by atoms with van der Waals surface area (Å²) in [7, 11) is 2.03. The van der Waals surface area contributed by atoms with Gasteiger partial charge in [-0.2, -0.15) is 5.26 Å². The van der Waals surface area contributed by atoms with Gasteiger partial charge in [0.15, 0.2) is 5.69 Å². The first-order chi connectivity index (χ1) is 7.22. The van der Waals surface area contributed by atoms with E-state index in [0.717, 1.165) is 24.1 Å². The minimum absolute atomic E-state index is 0.522. The van der Waals surface area contributed by atoms with Crippen molar-refractivity contribution in [2.45, 2.75) is 13.3 Å². The molecule has 3 nitrogen and oxygen atoms in total. The lowest BCUT2D eigenvalue weighted by Gasteiger charge is -2.19. The highest BCUT2D eigenvalue weighted by atomic mass is 15.1. The summed E-state index contributed by atoms with van der Waals surface area (Å²) in [6.45, 7) is 3.30. The SMILES string of the molecule is CC1CC1CN(C)c1cccnc1C#N. The Morgan fingerprint density at radius 3 is 3.00 bits per heavy atom. The Kier molecular flexibility index (Phi) is 2.59. The molecule has 2 atom stereocenters. The van der Waals surface area contributed by atoms with Crippen LogP contribution in [-0.2, 0) is 0 Å². The number of anilines is 1. The second kappa shape index (κ2) is 3.90. The Morgan fingerprint density at radius 2 is 2.40 bits per heavy atom. The normalized spacial score (nSPS) is 23.3. The van der Waals surface area contributed by atoms with E-state index in [-0.39, 0.29) is 0 Å². The van der Waals surface area contributed by atoms with Gasteiger partial charge in [-0.25, -0.2) is 4.98 Å². The van der Waals surface area contributed by atoms with Crippen LogP contribution in [0, 0.1) is 23.2 Å². The molecule has 1 aromatic heterocycles. The van der Waals surface area contributed by atoms with E-state index in [0.29, 0.717) is 5.69 Å². The van der Waals surface area contributed by atoms with Gasteiger partial charge >= 0.3 is 0 Å². The fourth-order valence-corrected chi connectivity index (χ4v) is 1.89. The standard InChI is InChI=1S/C12H15N3/c1-9-6-10(9)8-15(2)12-4-3-5-14-11(12)7-13/h3-5,9-10H,6,8H2,1-2H3. The molecule has 1 aliphatic rings. The molecule has 1 saturated carbocycles. The lowest BCUT2D eigenvalue weighted by molar-refractivity contribution is 0.724. The zero-order valence-electron chi connectivity index (χ0n) is 9.14. The summed E-state index contributed by atoms with van der Waals surface area (Å²) in [4.78, 5) is 6.20. The Labute approximate surface area is 90.4 Å². The van der Waals surface area contributed by atoms with Crippen molar-refractivity contribution in [1.82, 2.24) is 4.98 Å². The van der Waals surface area contributed by atoms with Crippen LogP contribution in [0.4, 0.5) is 5.69 Å². The number of rotatable bonds is 3. The van der Waals surface area contributed by atoms with E-state index >= 15 is 0 Å². The maximum absolute atomic E-state index is 8.93. The van der Waals surface area contributed by atoms with Crippen LogP contribution in [0.3, 0.4) is 0 Å². The van der Waals surface area contributed by atoms with Gasteiger partial charge in [-0.15, -0.1) is 0 Å². The van der Waals surface area contributed by atoms with Crippen molar-refractivity contribution >= 4 is 5.69 Å². The molecule has 0 aliphatic heterocycles. The number of pyridine rings is 1. The largest absolute Gasteiger partial charge is 0.372 e. The molecule has 1 heterocycles.